The lowest BCUT2D eigenvalue weighted by Crippen LogP contribution is -2.48. The number of urea groups is 1. The van der Waals surface area contributed by atoms with Gasteiger partial charge in [-0.15, -0.1) is 0 Å². The SMILES string of the molecule is CCC(C)[C@@H](C(=O)O)N1CC(=O)N(C(S)CCc2ccccc2)C1=O. The van der Waals surface area contributed by atoms with E-state index in [0.29, 0.717) is 19.3 Å². The van der Waals surface area contributed by atoms with Gasteiger partial charge in [-0.25, -0.2) is 9.59 Å². The maximum Gasteiger partial charge on any atom is 0.328 e. The van der Waals surface area contributed by atoms with E-state index in [2.05, 4.69) is 12.6 Å². The van der Waals surface area contributed by atoms with E-state index in [4.69, 9.17) is 0 Å². The Balaban J connectivity index is 2.07. The van der Waals surface area contributed by atoms with Crippen LogP contribution in [0.1, 0.15) is 32.3 Å². The molecule has 6 nitrogen and oxygen atoms in total. The molecule has 2 rings (SSSR count). The van der Waals surface area contributed by atoms with Gasteiger partial charge in [-0.3, -0.25) is 9.69 Å². The van der Waals surface area contributed by atoms with E-state index in [9.17, 15) is 19.5 Å². The van der Waals surface area contributed by atoms with Crippen LogP contribution in [0.25, 0.3) is 0 Å². The van der Waals surface area contributed by atoms with Crippen LogP contribution in [-0.2, 0) is 16.0 Å². The van der Waals surface area contributed by atoms with Gasteiger partial charge in [0.05, 0.1) is 5.37 Å². The Bertz CT molecular complexity index is 637. The van der Waals surface area contributed by atoms with Crippen LogP contribution in [0.15, 0.2) is 30.3 Å². The van der Waals surface area contributed by atoms with Crippen molar-refractivity contribution in [3.05, 3.63) is 35.9 Å². The molecule has 1 heterocycles. The van der Waals surface area contributed by atoms with Crippen molar-refractivity contribution in [3.63, 3.8) is 0 Å². The lowest BCUT2D eigenvalue weighted by molar-refractivity contribution is -0.143. The minimum absolute atomic E-state index is 0.206. The van der Waals surface area contributed by atoms with Gasteiger partial charge in [-0.2, -0.15) is 12.6 Å². The van der Waals surface area contributed by atoms with Gasteiger partial charge in [0.25, 0.3) is 5.91 Å². The summed E-state index contributed by atoms with van der Waals surface area (Å²) in [6, 6.07) is 8.18. The summed E-state index contributed by atoms with van der Waals surface area (Å²) in [6.45, 7) is 3.43. The van der Waals surface area contributed by atoms with Crippen molar-refractivity contribution < 1.29 is 19.5 Å². The second kappa shape index (κ2) is 8.38. The molecule has 0 aromatic heterocycles. The molecule has 136 valence electrons. The van der Waals surface area contributed by atoms with Crippen molar-refractivity contribution in [2.75, 3.05) is 6.54 Å². The van der Waals surface area contributed by atoms with Crippen molar-refractivity contribution in [3.8, 4) is 0 Å². The third-order valence-corrected chi connectivity index (χ3v) is 5.12. The standard InChI is InChI=1S/C18H24N2O4S/c1-3-12(2)16(17(22)23)19-11-14(21)20(18(19)24)15(25)10-9-13-7-5-4-6-8-13/h4-8,12,15-16,25H,3,9-11H2,1-2H3,(H,22,23)/t12?,15?,16-/m0/s1. The number of nitrogens with zero attached hydrogens (tertiary/aromatic N) is 2. The maximum atomic E-state index is 12.7. The van der Waals surface area contributed by atoms with E-state index >= 15 is 0 Å². The van der Waals surface area contributed by atoms with Gasteiger partial charge in [-0.05, 0) is 24.3 Å². The van der Waals surface area contributed by atoms with E-state index in [1.54, 1.807) is 6.92 Å². The summed E-state index contributed by atoms with van der Waals surface area (Å²) in [4.78, 5) is 38.8. The Morgan fingerprint density at radius 1 is 1.28 bits per heavy atom. The Kier molecular flexibility index (Phi) is 6.47. The number of hydrogen-bond donors (Lipinski definition) is 2. The predicted octanol–water partition coefficient (Wildman–Crippen LogP) is 2.64. The van der Waals surface area contributed by atoms with Crippen molar-refractivity contribution in [1.29, 1.82) is 0 Å². The molecule has 1 aliphatic rings. The minimum atomic E-state index is -1.09. The molecule has 3 atom stereocenters. The van der Waals surface area contributed by atoms with Gasteiger partial charge >= 0.3 is 12.0 Å². The molecule has 0 bridgehead atoms. The quantitative estimate of drug-likeness (QED) is 0.549. The number of carboxylic acids is 1. The smallest absolute Gasteiger partial charge is 0.328 e. The first-order valence-corrected chi connectivity index (χ1v) is 8.95. The topological polar surface area (TPSA) is 77.9 Å². The molecule has 25 heavy (non-hydrogen) atoms. The lowest BCUT2D eigenvalue weighted by Gasteiger charge is -2.29. The minimum Gasteiger partial charge on any atom is -0.480 e. The molecule has 0 spiro atoms. The summed E-state index contributed by atoms with van der Waals surface area (Å²) >= 11 is 4.42. The zero-order valence-electron chi connectivity index (χ0n) is 14.5. The predicted molar refractivity (Wildman–Crippen MR) is 97.4 cm³/mol. The van der Waals surface area contributed by atoms with Gasteiger partial charge in [0.2, 0.25) is 0 Å². The third-order valence-electron chi connectivity index (χ3n) is 4.63. The molecule has 1 fully saturated rings. The molecule has 1 saturated heterocycles. The van der Waals surface area contributed by atoms with Gasteiger partial charge in [0.1, 0.15) is 12.6 Å². The molecule has 1 aromatic carbocycles. The number of rotatable bonds is 8. The van der Waals surface area contributed by atoms with Crippen molar-refractivity contribution in [2.24, 2.45) is 5.92 Å². The van der Waals surface area contributed by atoms with Crippen LogP contribution in [0.3, 0.4) is 0 Å². The highest BCUT2D eigenvalue weighted by atomic mass is 32.1. The molecule has 2 unspecified atom stereocenters. The van der Waals surface area contributed by atoms with Crippen LogP contribution < -0.4 is 0 Å². The van der Waals surface area contributed by atoms with E-state index < -0.39 is 29.3 Å². The number of carbonyl (C=O) groups is 3. The molecule has 1 N–H and O–H groups in total. The van der Waals surface area contributed by atoms with Crippen LogP contribution in [0.4, 0.5) is 4.79 Å². The van der Waals surface area contributed by atoms with E-state index in [-0.39, 0.29) is 12.5 Å². The number of imide groups is 1. The molecule has 1 aromatic rings. The van der Waals surface area contributed by atoms with Crippen molar-refractivity contribution in [1.82, 2.24) is 9.80 Å². The number of hydrogen-bond acceptors (Lipinski definition) is 4. The van der Waals surface area contributed by atoms with Crippen molar-refractivity contribution >= 4 is 30.5 Å². The first kappa shape index (κ1) is 19.3. The van der Waals surface area contributed by atoms with Crippen LogP contribution in [0, 0.1) is 5.92 Å². The number of aryl methyl sites for hydroxylation is 1. The number of carbonyl (C=O) groups excluding carboxylic acids is 2. The summed E-state index contributed by atoms with van der Waals surface area (Å²) in [5, 5.41) is 8.90. The fourth-order valence-electron chi connectivity index (χ4n) is 3.02. The summed E-state index contributed by atoms with van der Waals surface area (Å²) in [6.07, 6.45) is 1.80. The number of thiol groups is 1. The van der Waals surface area contributed by atoms with Crippen LogP contribution in [-0.4, -0.2) is 50.8 Å². The highest BCUT2D eigenvalue weighted by molar-refractivity contribution is 7.80. The zero-order valence-corrected chi connectivity index (χ0v) is 15.4. The van der Waals surface area contributed by atoms with Gasteiger partial charge < -0.3 is 10.0 Å². The van der Waals surface area contributed by atoms with Gasteiger partial charge in [-0.1, -0.05) is 50.6 Å². The molecule has 0 radical (unpaired) electrons. The molecule has 7 heteroatoms. The van der Waals surface area contributed by atoms with Crippen molar-refractivity contribution in [2.45, 2.75) is 44.5 Å². The van der Waals surface area contributed by atoms with E-state index in [0.717, 1.165) is 15.4 Å². The molecule has 3 amide bonds. The highest BCUT2D eigenvalue weighted by Crippen LogP contribution is 2.25. The van der Waals surface area contributed by atoms with Crippen LogP contribution in [0.2, 0.25) is 0 Å². The van der Waals surface area contributed by atoms with E-state index in [1.807, 2.05) is 37.3 Å². The number of aliphatic carboxylic acids is 1. The normalized spacial score (nSPS) is 18.4. The zero-order chi connectivity index (χ0) is 18.6. The first-order valence-electron chi connectivity index (χ1n) is 8.44. The Hall–Kier alpha value is -2.02. The molecule has 0 saturated carbocycles. The summed E-state index contributed by atoms with van der Waals surface area (Å²) in [5.74, 6) is -1.72. The fourth-order valence-corrected chi connectivity index (χ4v) is 3.38. The lowest BCUT2D eigenvalue weighted by atomic mass is 9.98. The fraction of sp³-hybridized carbons (Fsp3) is 0.500. The Morgan fingerprint density at radius 3 is 2.48 bits per heavy atom. The monoisotopic (exact) mass is 364 g/mol. The average Bonchev–Trinajstić information content (AvgIpc) is 2.87. The average molecular weight is 364 g/mol. The summed E-state index contributed by atoms with van der Waals surface area (Å²) in [7, 11) is 0. The summed E-state index contributed by atoms with van der Waals surface area (Å²) in [5.41, 5.74) is 1.10. The first-order chi connectivity index (χ1) is 11.9. The second-order valence-electron chi connectivity index (χ2n) is 6.35. The van der Waals surface area contributed by atoms with Gasteiger partial charge in [0, 0.05) is 0 Å². The van der Waals surface area contributed by atoms with E-state index in [1.165, 1.54) is 0 Å². The number of carboxylic acid groups (broad SMARTS) is 1. The molecular formula is C18H24N2O4S. The van der Waals surface area contributed by atoms with Gasteiger partial charge in [0.15, 0.2) is 0 Å². The molecule has 0 aliphatic carbocycles. The third kappa shape index (κ3) is 4.34. The number of benzene rings is 1. The maximum absolute atomic E-state index is 12.7. The Labute approximate surface area is 153 Å². The Morgan fingerprint density at radius 2 is 1.92 bits per heavy atom. The second-order valence-corrected chi connectivity index (χ2v) is 6.94. The summed E-state index contributed by atoms with van der Waals surface area (Å²) < 4.78 is 0. The number of amides is 3. The van der Waals surface area contributed by atoms with Crippen LogP contribution in [0.5, 0.6) is 0 Å². The molecular weight excluding hydrogens is 340 g/mol. The molecule has 1 aliphatic heterocycles. The highest BCUT2D eigenvalue weighted by Gasteiger charge is 2.45. The van der Waals surface area contributed by atoms with Crippen LogP contribution >= 0.6 is 12.6 Å². The largest absolute Gasteiger partial charge is 0.480 e.